The molecule has 161 valence electrons. The molecule has 2 amide bonds. The maximum atomic E-state index is 11.7. The van der Waals surface area contributed by atoms with Crippen molar-refractivity contribution in [3.63, 3.8) is 0 Å². The van der Waals surface area contributed by atoms with Crippen LogP contribution in [0, 0.1) is 0 Å². The van der Waals surface area contributed by atoms with Crippen molar-refractivity contribution in [2.24, 2.45) is 0 Å². The van der Waals surface area contributed by atoms with Crippen LogP contribution in [0.2, 0.25) is 0 Å². The van der Waals surface area contributed by atoms with Crippen LogP contribution in [-0.4, -0.2) is 45.8 Å². The maximum absolute atomic E-state index is 11.7. The molecule has 0 unspecified atom stereocenters. The molecule has 0 aliphatic heterocycles. The fourth-order valence-corrected chi connectivity index (χ4v) is 3.26. The first-order chi connectivity index (χ1) is 12.0. The Bertz CT molecular complexity index is 331. The summed E-state index contributed by atoms with van der Waals surface area (Å²) in [5.74, 6) is 0.596. The fourth-order valence-electron chi connectivity index (χ4n) is 3.26. The van der Waals surface area contributed by atoms with Crippen LogP contribution in [0.25, 0.3) is 0 Å². The van der Waals surface area contributed by atoms with Crippen LogP contribution in [-0.2, 0) is 26.7 Å². The van der Waals surface area contributed by atoms with Crippen molar-refractivity contribution in [3.05, 3.63) is 0 Å². The fraction of sp³-hybridized carbons (Fsp3) is 0.909. The van der Waals surface area contributed by atoms with Crippen molar-refractivity contribution in [2.75, 3.05) is 0 Å². The van der Waals surface area contributed by atoms with Gasteiger partial charge in [0.2, 0.25) is 11.8 Å². The predicted molar refractivity (Wildman–Crippen MR) is 113 cm³/mol. The van der Waals surface area contributed by atoms with Gasteiger partial charge in [-0.15, -0.1) is 0 Å². The van der Waals surface area contributed by atoms with E-state index in [1.165, 1.54) is 0 Å². The van der Waals surface area contributed by atoms with E-state index in [-0.39, 0.29) is 17.1 Å². The van der Waals surface area contributed by atoms with Gasteiger partial charge in [-0.05, 0) is 68.2 Å². The second kappa shape index (κ2) is 17.6. The molecule has 0 saturated heterocycles. The van der Waals surface area contributed by atoms with Gasteiger partial charge in [0, 0.05) is 37.0 Å². The number of rotatable bonds is 10. The molecule has 27 heavy (non-hydrogen) atoms. The zero-order valence-corrected chi connectivity index (χ0v) is 20.8. The van der Waals surface area contributed by atoms with Gasteiger partial charge in [0.05, 0.1) is 0 Å². The number of hydrogen-bond acceptors (Lipinski definition) is 2. The van der Waals surface area contributed by atoms with Gasteiger partial charge in [0.15, 0.2) is 0 Å². The van der Waals surface area contributed by atoms with Gasteiger partial charge >= 0.3 is 17.1 Å². The summed E-state index contributed by atoms with van der Waals surface area (Å²) in [5, 5.41) is 0. The van der Waals surface area contributed by atoms with Gasteiger partial charge in [0.1, 0.15) is 0 Å². The molecule has 0 aromatic carbocycles. The van der Waals surface area contributed by atoms with Crippen molar-refractivity contribution in [1.82, 2.24) is 9.80 Å². The summed E-state index contributed by atoms with van der Waals surface area (Å²) in [4.78, 5) is 27.4. The van der Waals surface area contributed by atoms with E-state index in [9.17, 15) is 9.59 Å². The van der Waals surface area contributed by atoms with Gasteiger partial charge in [-0.1, -0.05) is 26.7 Å². The SMILES string of the molecule is CCCCC(=O)N(C(C)C)C(C)C.CCCCC(=O)N(C(C)C)C(C)C.[Mn+2]. The van der Waals surface area contributed by atoms with Gasteiger partial charge in [-0.3, -0.25) is 9.59 Å². The van der Waals surface area contributed by atoms with Crippen LogP contribution in [0.1, 0.15) is 108 Å². The summed E-state index contributed by atoms with van der Waals surface area (Å²) in [6.07, 6.45) is 5.61. The third kappa shape index (κ3) is 14.2. The molecule has 0 aliphatic rings. The van der Waals surface area contributed by atoms with E-state index in [4.69, 9.17) is 0 Å². The Morgan fingerprint density at radius 1 is 0.593 bits per heavy atom. The first kappa shape index (κ1) is 31.2. The van der Waals surface area contributed by atoms with Crippen molar-refractivity contribution in [1.29, 1.82) is 0 Å². The summed E-state index contributed by atoms with van der Waals surface area (Å²) >= 11 is 0. The molecule has 0 fully saturated rings. The van der Waals surface area contributed by atoms with Gasteiger partial charge < -0.3 is 9.80 Å². The van der Waals surface area contributed by atoms with Crippen LogP contribution in [0.4, 0.5) is 0 Å². The number of carbonyl (C=O) groups is 2. The minimum Gasteiger partial charge on any atom is -0.338 e. The molecular formula is C22H46MnN2O2+2. The Balaban J connectivity index is -0.000000411. The van der Waals surface area contributed by atoms with E-state index >= 15 is 0 Å². The van der Waals surface area contributed by atoms with Crippen molar-refractivity contribution in [3.8, 4) is 0 Å². The molecule has 0 aromatic rings. The summed E-state index contributed by atoms with van der Waals surface area (Å²) in [5.41, 5.74) is 0. The number of amides is 2. The van der Waals surface area contributed by atoms with E-state index in [2.05, 4.69) is 69.2 Å². The minimum absolute atomic E-state index is 0. The number of nitrogens with zero attached hydrogens (tertiary/aromatic N) is 2. The smallest absolute Gasteiger partial charge is 0.338 e. The third-order valence-electron chi connectivity index (χ3n) is 4.29. The van der Waals surface area contributed by atoms with Crippen molar-refractivity contribution in [2.45, 2.75) is 132 Å². The number of hydrogen-bond donors (Lipinski definition) is 0. The summed E-state index contributed by atoms with van der Waals surface area (Å²) in [7, 11) is 0. The Kier molecular flexibility index (Phi) is 20.3. The number of carbonyl (C=O) groups excluding carboxylic acids is 2. The monoisotopic (exact) mass is 425 g/mol. The number of unbranched alkanes of at least 4 members (excludes halogenated alkanes) is 2. The topological polar surface area (TPSA) is 40.6 Å². The molecular weight excluding hydrogens is 379 g/mol. The Morgan fingerprint density at radius 2 is 0.815 bits per heavy atom. The van der Waals surface area contributed by atoms with E-state index in [0.717, 1.165) is 25.7 Å². The quantitative estimate of drug-likeness (QED) is 0.425. The third-order valence-corrected chi connectivity index (χ3v) is 4.29. The second-order valence-corrected chi connectivity index (χ2v) is 8.18. The Morgan fingerprint density at radius 3 is 0.963 bits per heavy atom. The van der Waals surface area contributed by atoms with Crippen LogP contribution in [0.15, 0.2) is 0 Å². The summed E-state index contributed by atoms with van der Waals surface area (Å²) in [6, 6.07) is 1.29. The molecule has 0 spiro atoms. The molecule has 1 radical (unpaired) electrons. The zero-order chi connectivity index (χ0) is 20.9. The Labute approximate surface area is 180 Å². The normalized spacial score (nSPS) is 10.6. The zero-order valence-electron chi connectivity index (χ0n) is 19.6. The predicted octanol–water partition coefficient (Wildman–Crippen LogP) is 5.64. The van der Waals surface area contributed by atoms with E-state index in [1.807, 2.05) is 9.80 Å². The van der Waals surface area contributed by atoms with Crippen LogP contribution < -0.4 is 0 Å². The van der Waals surface area contributed by atoms with Crippen LogP contribution in [0.3, 0.4) is 0 Å². The largest absolute Gasteiger partial charge is 2.00 e. The van der Waals surface area contributed by atoms with E-state index in [0.29, 0.717) is 48.8 Å². The first-order valence-electron chi connectivity index (χ1n) is 10.6. The van der Waals surface area contributed by atoms with Crippen molar-refractivity contribution < 1.29 is 26.7 Å². The average molecular weight is 426 g/mol. The van der Waals surface area contributed by atoms with Crippen LogP contribution in [0.5, 0.6) is 0 Å². The maximum Gasteiger partial charge on any atom is 2.00 e. The molecule has 0 heterocycles. The summed E-state index contributed by atoms with van der Waals surface area (Å²) < 4.78 is 0. The van der Waals surface area contributed by atoms with E-state index in [1.54, 1.807) is 0 Å². The van der Waals surface area contributed by atoms with E-state index < -0.39 is 0 Å². The molecule has 0 aromatic heterocycles. The molecule has 0 bridgehead atoms. The van der Waals surface area contributed by atoms with Crippen molar-refractivity contribution >= 4 is 11.8 Å². The van der Waals surface area contributed by atoms with Gasteiger partial charge in [-0.25, -0.2) is 0 Å². The second-order valence-electron chi connectivity index (χ2n) is 8.18. The van der Waals surface area contributed by atoms with Gasteiger partial charge in [-0.2, -0.15) is 0 Å². The molecule has 0 aliphatic carbocycles. The average Bonchev–Trinajstić information content (AvgIpc) is 2.50. The van der Waals surface area contributed by atoms with Crippen LogP contribution >= 0.6 is 0 Å². The summed E-state index contributed by atoms with van der Waals surface area (Å²) in [6.45, 7) is 20.8. The molecule has 0 rings (SSSR count). The Hall–Kier alpha value is -0.541. The molecule has 0 N–H and O–H groups in total. The molecule has 4 nitrogen and oxygen atoms in total. The standard InChI is InChI=1S/2C11H23NO.Mn/c2*1-6-7-8-11(13)12(9(2)3)10(4)5;/h2*9-10H,6-8H2,1-5H3;/q;;+2. The molecule has 0 atom stereocenters. The first-order valence-corrected chi connectivity index (χ1v) is 10.6. The molecule has 5 heteroatoms. The molecule has 0 saturated carbocycles. The van der Waals surface area contributed by atoms with Gasteiger partial charge in [0.25, 0.3) is 0 Å². The minimum atomic E-state index is 0.